The third-order valence-corrected chi connectivity index (χ3v) is 5.02. The summed E-state index contributed by atoms with van der Waals surface area (Å²) < 4.78 is 0. The van der Waals surface area contributed by atoms with Crippen molar-refractivity contribution in [3.63, 3.8) is 0 Å². The molecular formula is C24H20N4O. The van der Waals surface area contributed by atoms with Crippen LogP contribution in [0.3, 0.4) is 0 Å². The highest BCUT2D eigenvalue weighted by Crippen LogP contribution is 2.26. The lowest BCUT2D eigenvalue weighted by molar-refractivity contribution is 0.0984. The van der Waals surface area contributed by atoms with Crippen molar-refractivity contribution in [2.24, 2.45) is 0 Å². The average molecular weight is 380 g/mol. The first-order chi connectivity index (χ1) is 14.1. The molecule has 0 saturated heterocycles. The zero-order chi connectivity index (χ0) is 20.4. The highest BCUT2D eigenvalue weighted by molar-refractivity contribution is 6.07. The quantitative estimate of drug-likeness (QED) is 0.547. The van der Waals surface area contributed by atoms with Crippen molar-refractivity contribution in [3.8, 4) is 6.07 Å². The third kappa shape index (κ3) is 3.61. The highest BCUT2D eigenvalue weighted by atomic mass is 16.2. The molecule has 5 heteroatoms. The lowest BCUT2D eigenvalue weighted by atomic mass is 10.1. The first kappa shape index (κ1) is 18.5. The van der Waals surface area contributed by atoms with E-state index >= 15 is 0 Å². The van der Waals surface area contributed by atoms with Gasteiger partial charge in [-0.3, -0.25) is 9.78 Å². The normalized spacial score (nSPS) is 10.7. The topological polar surface area (TPSA) is 72.8 Å². The summed E-state index contributed by atoms with van der Waals surface area (Å²) >= 11 is 0. The van der Waals surface area contributed by atoms with Crippen LogP contribution in [0.1, 0.15) is 32.7 Å². The number of carbonyl (C=O) groups excluding carboxylic acids is 1. The fourth-order valence-electron chi connectivity index (χ4n) is 3.52. The van der Waals surface area contributed by atoms with Crippen LogP contribution < -0.4 is 4.90 Å². The van der Waals surface area contributed by atoms with Crippen molar-refractivity contribution in [2.75, 3.05) is 4.90 Å². The molecule has 0 saturated carbocycles. The molecule has 0 radical (unpaired) electrons. The summed E-state index contributed by atoms with van der Waals surface area (Å²) in [5.41, 5.74) is 5.92. The van der Waals surface area contributed by atoms with Gasteiger partial charge in [0.05, 0.1) is 18.2 Å². The molecule has 2 aromatic heterocycles. The van der Waals surface area contributed by atoms with E-state index in [-0.39, 0.29) is 5.91 Å². The van der Waals surface area contributed by atoms with E-state index < -0.39 is 0 Å². The van der Waals surface area contributed by atoms with Crippen LogP contribution >= 0.6 is 0 Å². The molecule has 2 heterocycles. The molecule has 0 aliphatic carbocycles. The second kappa shape index (κ2) is 7.61. The summed E-state index contributed by atoms with van der Waals surface area (Å²) in [5.74, 6) is -0.0983. The molecule has 0 atom stereocenters. The van der Waals surface area contributed by atoms with Crippen LogP contribution in [-0.4, -0.2) is 15.9 Å². The number of pyridine rings is 1. The van der Waals surface area contributed by atoms with Gasteiger partial charge in [-0.2, -0.15) is 5.26 Å². The standard InChI is InChI=1S/C24H20N4O/c1-16-14-26-11-10-21(16)24(29)28(20-8-6-18(13-25)7-9-20)15-19-4-3-5-23-22(19)12-17(2)27-23/h3-12,14,27H,15H2,1-2H3. The molecule has 142 valence electrons. The van der Waals surface area contributed by atoms with Crippen molar-refractivity contribution in [2.45, 2.75) is 20.4 Å². The van der Waals surface area contributed by atoms with Crippen LogP contribution in [0.2, 0.25) is 0 Å². The number of aromatic amines is 1. The zero-order valence-corrected chi connectivity index (χ0v) is 16.3. The summed E-state index contributed by atoms with van der Waals surface area (Å²) in [6.45, 7) is 4.32. The van der Waals surface area contributed by atoms with Crippen LogP contribution in [0.4, 0.5) is 5.69 Å². The van der Waals surface area contributed by atoms with E-state index in [1.54, 1.807) is 35.5 Å². The lowest BCUT2D eigenvalue weighted by Crippen LogP contribution is -2.31. The summed E-state index contributed by atoms with van der Waals surface area (Å²) in [5, 5.41) is 10.2. The van der Waals surface area contributed by atoms with Crippen LogP contribution in [0, 0.1) is 25.2 Å². The van der Waals surface area contributed by atoms with Crippen molar-refractivity contribution >= 4 is 22.5 Å². The molecule has 0 spiro atoms. The van der Waals surface area contributed by atoms with E-state index in [0.717, 1.165) is 33.4 Å². The predicted molar refractivity (Wildman–Crippen MR) is 114 cm³/mol. The maximum atomic E-state index is 13.5. The minimum Gasteiger partial charge on any atom is -0.359 e. The predicted octanol–water partition coefficient (Wildman–Crippen LogP) is 4.90. The molecule has 0 aliphatic rings. The largest absolute Gasteiger partial charge is 0.359 e. The number of benzene rings is 2. The van der Waals surface area contributed by atoms with E-state index in [4.69, 9.17) is 5.26 Å². The Morgan fingerprint density at radius 1 is 1.14 bits per heavy atom. The first-order valence-corrected chi connectivity index (χ1v) is 9.36. The molecule has 0 aliphatic heterocycles. The fourth-order valence-corrected chi connectivity index (χ4v) is 3.52. The van der Waals surface area contributed by atoms with Gasteiger partial charge in [0.1, 0.15) is 0 Å². The van der Waals surface area contributed by atoms with Crippen LogP contribution in [0.5, 0.6) is 0 Å². The molecule has 0 fully saturated rings. The second-order valence-corrected chi connectivity index (χ2v) is 7.07. The van der Waals surface area contributed by atoms with E-state index in [1.807, 2.05) is 44.2 Å². The summed E-state index contributed by atoms with van der Waals surface area (Å²) in [6, 6.07) is 19.1. The van der Waals surface area contributed by atoms with Crippen LogP contribution in [0.15, 0.2) is 67.0 Å². The first-order valence-electron chi connectivity index (χ1n) is 9.36. The Morgan fingerprint density at radius 2 is 1.93 bits per heavy atom. The van der Waals surface area contributed by atoms with Gasteiger partial charge in [-0.05, 0) is 67.4 Å². The highest BCUT2D eigenvalue weighted by Gasteiger charge is 2.21. The van der Waals surface area contributed by atoms with E-state index in [1.165, 1.54) is 0 Å². The second-order valence-electron chi connectivity index (χ2n) is 7.07. The number of H-pyrrole nitrogens is 1. The minimum absolute atomic E-state index is 0.0983. The number of amides is 1. The van der Waals surface area contributed by atoms with E-state index in [9.17, 15) is 4.79 Å². The monoisotopic (exact) mass is 380 g/mol. The molecule has 1 amide bonds. The molecule has 1 N–H and O–H groups in total. The number of aryl methyl sites for hydroxylation is 2. The number of carbonyl (C=O) groups is 1. The molecule has 4 aromatic rings. The number of aromatic nitrogens is 2. The Kier molecular flexibility index (Phi) is 4.84. The fraction of sp³-hybridized carbons (Fsp3) is 0.125. The van der Waals surface area contributed by atoms with Gasteiger partial charge in [-0.25, -0.2) is 0 Å². The van der Waals surface area contributed by atoms with Gasteiger partial charge in [0.25, 0.3) is 5.91 Å². The van der Waals surface area contributed by atoms with Crippen LogP contribution in [-0.2, 0) is 6.54 Å². The van der Waals surface area contributed by atoms with Gasteiger partial charge in [0.2, 0.25) is 0 Å². The van der Waals surface area contributed by atoms with Gasteiger partial charge >= 0.3 is 0 Å². The molecule has 29 heavy (non-hydrogen) atoms. The summed E-state index contributed by atoms with van der Waals surface area (Å²) in [6.07, 6.45) is 3.33. The Labute approximate surface area is 169 Å². The Morgan fingerprint density at radius 3 is 2.66 bits per heavy atom. The summed E-state index contributed by atoms with van der Waals surface area (Å²) in [4.78, 5) is 22.7. The Bertz CT molecular complexity index is 1230. The third-order valence-electron chi connectivity index (χ3n) is 5.02. The molecule has 5 nitrogen and oxygen atoms in total. The number of nitrogens with one attached hydrogen (secondary N) is 1. The molecule has 4 rings (SSSR count). The number of anilines is 1. The number of nitriles is 1. The van der Waals surface area contributed by atoms with Gasteiger partial charge in [0, 0.05) is 40.2 Å². The minimum atomic E-state index is -0.0983. The number of fused-ring (bicyclic) bond motifs is 1. The van der Waals surface area contributed by atoms with Crippen LogP contribution in [0.25, 0.3) is 10.9 Å². The maximum Gasteiger partial charge on any atom is 0.258 e. The van der Waals surface area contributed by atoms with Crippen molar-refractivity contribution in [3.05, 3.63) is 94.9 Å². The van der Waals surface area contributed by atoms with Gasteiger partial charge in [0.15, 0.2) is 0 Å². The zero-order valence-electron chi connectivity index (χ0n) is 16.3. The maximum absolute atomic E-state index is 13.5. The number of hydrogen-bond acceptors (Lipinski definition) is 3. The lowest BCUT2D eigenvalue weighted by Gasteiger charge is -2.24. The SMILES string of the molecule is Cc1cc2c(CN(C(=O)c3ccncc3C)c3ccc(C#N)cc3)cccc2[nH]1. The average Bonchev–Trinajstić information content (AvgIpc) is 3.13. The number of nitrogens with zero attached hydrogens (tertiary/aromatic N) is 3. The number of rotatable bonds is 4. The summed E-state index contributed by atoms with van der Waals surface area (Å²) in [7, 11) is 0. The molecule has 0 bridgehead atoms. The van der Waals surface area contributed by atoms with Gasteiger partial charge < -0.3 is 9.88 Å². The van der Waals surface area contributed by atoms with Gasteiger partial charge in [-0.15, -0.1) is 0 Å². The number of hydrogen-bond donors (Lipinski definition) is 1. The Hall–Kier alpha value is -3.91. The van der Waals surface area contributed by atoms with Crippen molar-refractivity contribution < 1.29 is 4.79 Å². The van der Waals surface area contributed by atoms with E-state index in [2.05, 4.69) is 22.1 Å². The Balaban J connectivity index is 1.80. The van der Waals surface area contributed by atoms with Gasteiger partial charge in [-0.1, -0.05) is 12.1 Å². The molecular weight excluding hydrogens is 360 g/mol. The van der Waals surface area contributed by atoms with Crippen molar-refractivity contribution in [1.29, 1.82) is 5.26 Å². The molecule has 0 unspecified atom stereocenters. The smallest absolute Gasteiger partial charge is 0.258 e. The molecule has 2 aromatic carbocycles. The van der Waals surface area contributed by atoms with Crippen molar-refractivity contribution in [1.82, 2.24) is 9.97 Å². The van der Waals surface area contributed by atoms with E-state index in [0.29, 0.717) is 17.7 Å².